The van der Waals surface area contributed by atoms with Crippen LogP contribution in [0, 0.1) is 0 Å². The fourth-order valence-corrected chi connectivity index (χ4v) is 4.71. The topological polar surface area (TPSA) is 90.7 Å². The summed E-state index contributed by atoms with van der Waals surface area (Å²) in [7, 11) is 0. The Bertz CT molecular complexity index is 964. The second kappa shape index (κ2) is 9.57. The van der Waals surface area contributed by atoms with Gasteiger partial charge in [-0.25, -0.2) is 4.79 Å². The maximum atomic E-state index is 12.6. The number of nitrogens with zero attached hydrogens (tertiary/aromatic N) is 2. The van der Waals surface area contributed by atoms with Crippen molar-refractivity contribution < 1.29 is 9.59 Å². The first kappa shape index (κ1) is 22.7. The van der Waals surface area contributed by atoms with Crippen LogP contribution in [-0.4, -0.2) is 48.6 Å². The van der Waals surface area contributed by atoms with Crippen molar-refractivity contribution in [2.75, 3.05) is 41.7 Å². The molecule has 4 rings (SSSR count). The number of nitrogens with one attached hydrogen (secondary N) is 2. The standard InChI is InChI=1S/C23H27Cl2N5O2/c24-18-4-3-5-19(25)20(18)28-22(32)30-14-12-29(13-15-30)17-8-6-16(7-9-17)27-21(31)23(26)10-1-2-11-23/h3-9H,1-2,10-15,26H2,(H,27,31)(H,28,32). The zero-order valence-corrected chi connectivity index (χ0v) is 19.3. The molecule has 0 spiro atoms. The van der Waals surface area contributed by atoms with Gasteiger partial charge in [-0.05, 0) is 49.2 Å². The third-order valence-electron chi connectivity index (χ3n) is 6.20. The van der Waals surface area contributed by atoms with Gasteiger partial charge in [0.25, 0.3) is 0 Å². The maximum Gasteiger partial charge on any atom is 0.322 e. The van der Waals surface area contributed by atoms with Crippen molar-refractivity contribution in [1.82, 2.24) is 4.90 Å². The number of nitrogens with two attached hydrogens (primary N) is 1. The van der Waals surface area contributed by atoms with Crippen LogP contribution in [0.4, 0.5) is 21.9 Å². The van der Waals surface area contributed by atoms with Crippen LogP contribution in [0.1, 0.15) is 25.7 Å². The molecule has 2 aliphatic rings. The molecule has 4 N–H and O–H groups in total. The van der Waals surface area contributed by atoms with Crippen LogP contribution in [-0.2, 0) is 4.79 Å². The lowest BCUT2D eigenvalue weighted by atomic mass is 9.98. The van der Waals surface area contributed by atoms with Crippen LogP contribution in [0.2, 0.25) is 10.0 Å². The quantitative estimate of drug-likeness (QED) is 0.604. The van der Waals surface area contributed by atoms with E-state index in [1.54, 1.807) is 23.1 Å². The Morgan fingerprint density at radius 1 is 0.875 bits per heavy atom. The summed E-state index contributed by atoms with van der Waals surface area (Å²) in [6, 6.07) is 12.6. The van der Waals surface area contributed by atoms with Gasteiger partial charge in [0.15, 0.2) is 0 Å². The SMILES string of the molecule is NC1(C(=O)Nc2ccc(N3CCN(C(=O)Nc4c(Cl)cccc4Cl)CC3)cc2)CCCC1. The molecule has 2 aromatic carbocycles. The lowest BCUT2D eigenvalue weighted by molar-refractivity contribution is -0.121. The second-order valence-corrected chi connectivity index (χ2v) is 9.18. The van der Waals surface area contributed by atoms with Crippen molar-refractivity contribution in [2.45, 2.75) is 31.2 Å². The molecule has 2 aromatic rings. The first-order valence-electron chi connectivity index (χ1n) is 10.8. The smallest absolute Gasteiger partial charge is 0.322 e. The summed E-state index contributed by atoms with van der Waals surface area (Å²) in [5, 5.41) is 6.57. The van der Waals surface area contributed by atoms with Gasteiger partial charge >= 0.3 is 6.03 Å². The molecule has 0 bridgehead atoms. The average molecular weight is 476 g/mol. The average Bonchev–Trinajstić information content (AvgIpc) is 3.25. The number of hydrogen-bond acceptors (Lipinski definition) is 4. The molecule has 3 amide bonds. The summed E-state index contributed by atoms with van der Waals surface area (Å²) in [5.41, 5.74) is 7.69. The van der Waals surface area contributed by atoms with E-state index in [9.17, 15) is 9.59 Å². The van der Waals surface area contributed by atoms with E-state index in [-0.39, 0.29) is 11.9 Å². The molecule has 1 aliphatic heterocycles. The summed E-state index contributed by atoms with van der Waals surface area (Å²) in [6.07, 6.45) is 3.46. The monoisotopic (exact) mass is 475 g/mol. The highest BCUT2D eigenvalue weighted by atomic mass is 35.5. The zero-order valence-electron chi connectivity index (χ0n) is 17.7. The number of urea groups is 1. The Balaban J connectivity index is 1.30. The van der Waals surface area contributed by atoms with Crippen molar-refractivity contribution in [3.63, 3.8) is 0 Å². The van der Waals surface area contributed by atoms with E-state index in [1.807, 2.05) is 24.3 Å². The molecule has 2 fully saturated rings. The fraction of sp³-hybridized carbons (Fsp3) is 0.391. The number of amides is 3. The van der Waals surface area contributed by atoms with Crippen LogP contribution in [0.5, 0.6) is 0 Å². The lowest BCUT2D eigenvalue weighted by Gasteiger charge is -2.36. The van der Waals surface area contributed by atoms with Crippen molar-refractivity contribution in [3.8, 4) is 0 Å². The number of anilines is 3. The largest absolute Gasteiger partial charge is 0.368 e. The minimum Gasteiger partial charge on any atom is -0.368 e. The first-order chi connectivity index (χ1) is 15.4. The van der Waals surface area contributed by atoms with Gasteiger partial charge in [0.05, 0.1) is 21.3 Å². The highest BCUT2D eigenvalue weighted by Crippen LogP contribution is 2.31. The van der Waals surface area contributed by atoms with Crippen LogP contribution in [0.25, 0.3) is 0 Å². The first-order valence-corrected chi connectivity index (χ1v) is 11.6. The van der Waals surface area contributed by atoms with Gasteiger partial charge in [-0.15, -0.1) is 0 Å². The van der Waals surface area contributed by atoms with E-state index in [2.05, 4.69) is 15.5 Å². The molecular formula is C23H27Cl2N5O2. The highest BCUT2D eigenvalue weighted by molar-refractivity contribution is 6.39. The molecule has 9 heteroatoms. The predicted octanol–water partition coefficient (Wildman–Crippen LogP) is 4.56. The number of piperazine rings is 1. The third kappa shape index (κ3) is 4.95. The van der Waals surface area contributed by atoms with E-state index < -0.39 is 5.54 Å². The van der Waals surface area contributed by atoms with Gasteiger partial charge in [0, 0.05) is 37.6 Å². The summed E-state index contributed by atoms with van der Waals surface area (Å²) < 4.78 is 0. The predicted molar refractivity (Wildman–Crippen MR) is 130 cm³/mol. The van der Waals surface area contributed by atoms with E-state index in [1.165, 1.54) is 0 Å². The van der Waals surface area contributed by atoms with Gasteiger partial charge in [-0.1, -0.05) is 42.1 Å². The van der Waals surface area contributed by atoms with Gasteiger partial charge in [0.1, 0.15) is 0 Å². The number of benzene rings is 2. The van der Waals surface area contributed by atoms with Crippen molar-refractivity contribution in [3.05, 3.63) is 52.5 Å². The Labute approximate surface area is 197 Å². The minimum atomic E-state index is -0.746. The van der Waals surface area contributed by atoms with Gasteiger partial charge < -0.3 is 26.2 Å². The summed E-state index contributed by atoms with van der Waals surface area (Å²) >= 11 is 12.3. The van der Waals surface area contributed by atoms with Crippen molar-refractivity contribution >= 4 is 52.2 Å². The molecule has 1 saturated heterocycles. The number of carbonyl (C=O) groups is 2. The molecule has 7 nitrogen and oxygen atoms in total. The molecule has 1 heterocycles. The molecule has 0 unspecified atom stereocenters. The number of halogens is 2. The molecule has 32 heavy (non-hydrogen) atoms. The number of para-hydroxylation sites is 1. The molecule has 0 atom stereocenters. The van der Waals surface area contributed by atoms with E-state index in [0.29, 0.717) is 41.9 Å². The summed E-state index contributed by atoms with van der Waals surface area (Å²) in [6.45, 7) is 2.53. The third-order valence-corrected chi connectivity index (χ3v) is 6.83. The van der Waals surface area contributed by atoms with Crippen LogP contribution < -0.4 is 21.3 Å². The number of rotatable bonds is 4. The number of carbonyl (C=O) groups excluding carboxylic acids is 2. The second-order valence-electron chi connectivity index (χ2n) is 8.37. The Morgan fingerprint density at radius 3 is 2.06 bits per heavy atom. The highest BCUT2D eigenvalue weighted by Gasteiger charge is 2.37. The zero-order chi connectivity index (χ0) is 22.7. The minimum absolute atomic E-state index is 0.110. The Kier molecular flexibility index (Phi) is 6.79. The lowest BCUT2D eigenvalue weighted by Crippen LogP contribution is -2.50. The van der Waals surface area contributed by atoms with E-state index in [0.717, 1.165) is 37.1 Å². The van der Waals surface area contributed by atoms with Crippen molar-refractivity contribution in [2.24, 2.45) is 5.73 Å². The molecule has 0 radical (unpaired) electrons. The molecule has 1 aliphatic carbocycles. The molecule has 170 valence electrons. The molecule has 1 saturated carbocycles. The van der Waals surface area contributed by atoms with Gasteiger partial charge in [0.2, 0.25) is 5.91 Å². The normalized spacial score (nSPS) is 17.8. The number of hydrogen-bond donors (Lipinski definition) is 3. The summed E-state index contributed by atoms with van der Waals surface area (Å²) in [4.78, 5) is 29.1. The van der Waals surface area contributed by atoms with Crippen LogP contribution in [0.3, 0.4) is 0 Å². The van der Waals surface area contributed by atoms with Crippen LogP contribution in [0.15, 0.2) is 42.5 Å². The maximum absolute atomic E-state index is 12.6. The Hall–Kier alpha value is -2.48. The summed E-state index contributed by atoms with van der Waals surface area (Å²) in [5.74, 6) is -0.110. The van der Waals surface area contributed by atoms with E-state index >= 15 is 0 Å². The Morgan fingerprint density at radius 2 is 1.47 bits per heavy atom. The van der Waals surface area contributed by atoms with Crippen LogP contribution >= 0.6 is 23.2 Å². The van der Waals surface area contributed by atoms with E-state index in [4.69, 9.17) is 28.9 Å². The van der Waals surface area contributed by atoms with Gasteiger partial charge in [-0.3, -0.25) is 4.79 Å². The molecular weight excluding hydrogens is 449 g/mol. The van der Waals surface area contributed by atoms with Gasteiger partial charge in [-0.2, -0.15) is 0 Å². The fourth-order valence-electron chi connectivity index (χ4n) is 4.22. The van der Waals surface area contributed by atoms with Crippen molar-refractivity contribution in [1.29, 1.82) is 0 Å². The molecule has 0 aromatic heterocycles.